The summed E-state index contributed by atoms with van der Waals surface area (Å²) in [4.78, 5) is 19.1. The summed E-state index contributed by atoms with van der Waals surface area (Å²) in [6, 6.07) is 10.1. The second kappa shape index (κ2) is 12.4. The molecule has 0 heterocycles. The van der Waals surface area contributed by atoms with Gasteiger partial charge in [-0.25, -0.2) is 9.59 Å². The highest BCUT2D eigenvalue weighted by Gasteiger charge is 2.37. The van der Waals surface area contributed by atoms with Crippen molar-refractivity contribution >= 4 is 11.9 Å². The van der Waals surface area contributed by atoms with Crippen LogP contribution in [0, 0.1) is 0 Å². The average Bonchev–Trinajstić information content (AvgIpc) is 2.80. The van der Waals surface area contributed by atoms with Gasteiger partial charge in [-0.3, -0.25) is 0 Å². The molecule has 0 spiro atoms. The van der Waals surface area contributed by atoms with Crippen LogP contribution in [0.1, 0.15) is 35.3 Å². The molecular formula is C24H23F6NO5. The summed E-state index contributed by atoms with van der Waals surface area (Å²) in [7, 11) is 0. The molecule has 12 heteroatoms. The van der Waals surface area contributed by atoms with Gasteiger partial charge in [-0.05, 0) is 36.2 Å². The van der Waals surface area contributed by atoms with Gasteiger partial charge in [-0.2, -0.15) is 26.3 Å². The van der Waals surface area contributed by atoms with E-state index >= 15 is 0 Å². The molecule has 0 amide bonds. The van der Waals surface area contributed by atoms with Crippen molar-refractivity contribution in [1.82, 2.24) is 0 Å². The maximum Gasteiger partial charge on any atom is 0.416 e. The fourth-order valence-corrected chi connectivity index (χ4v) is 2.72. The third kappa shape index (κ3) is 9.55. The van der Waals surface area contributed by atoms with Crippen LogP contribution in [0.3, 0.4) is 0 Å². The molecule has 0 unspecified atom stereocenters. The highest BCUT2D eigenvalue weighted by molar-refractivity contribution is 5.89. The largest absolute Gasteiger partial charge is 0.478 e. The van der Waals surface area contributed by atoms with Crippen molar-refractivity contribution in [2.45, 2.75) is 30.9 Å². The molecule has 2 atom stereocenters. The quantitative estimate of drug-likeness (QED) is 0.240. The number of halogens is 6. The van der Waals surface area contributed by atoms with Gasteiger partial charge in [0.1, 0.15) is 0 Å². The molecule has 0 aromatic heterocycles. The van der Waals surface area contributed by atoms with E-state index in [1.54, 1.807) is 30.3 Å². The van der Waals surface area contributed by atoms with Gasteiger partial charge < -0.3 is 20.7 Å². The topological polar surface area (TPSA) is 110 Å². The lowest BCUT2D eigenvalue weighted by atomic mass is 9.92. The summed E-state index contributed by atoms with van der Waals surface area (Å²) in [6.07, 6.45) is -8.36. The first-order chi connectivity index (χ1) is 16.5. The Morgan fingerprint density at radius 3 is 1.72 bits per heavy atom. The van der Waals surface area contributed by atoms with Crippen LogP contribution >= 0.6 is 0 Å². The summed E-state index contributed by atoms with van der Waals surface area (Å²) < 4.78 is 83.6. The minimum atomic E-state index is -4.92. The van der Waals surface area contributed by atoms with E-state index in [-0.39, 0.29) is 18.2 Å². The monoisotopic (exact) mass is 519 g/mol. The molecule has 2 aromatic carbocycles. The van der Waals surface area contributed by atoms with E-state index in [0.717, 1.165) is 0 Å². The zero-order valence-electron chi connectivity index (χ0n) is 18.8. The molecule has 0 fully saturated rings. The van der Waals surface area contributed by atoms with Crippen molar-refractivity contribution in [3.63, 3.8) is 0 Å². The molecule has 0 aliphatic carbocycles. The van der Waals surface area contributed by atoms with E-state index in [9.17, 15) is 35.9 Å². The number of nitrogens with two attached hydrogens (primary N) is 1. The van der Waals surface area contributed by atoms with Crippen LogP contribution in [-0.2, 0) is 32.2 Å². The molecule has 0 saturated heterocycles. The predicted molar refractivity (Wildman–Crippen MR) is 118 cm³/mol. The van der Waals surface area contributed by atoms with Crippen LogP contribution in [0.25, 0.3) is 0 Å². The zero-order chi connectivity index (χ0) is 27.7. The molecule has 36 heavy (non-hydrogen) atoms. The lowest BCUT2D eigenvalue weighted by Crippen LogP contribution is -2.39. The van der Waals surface area contributed by atoms with Gasteiger partial charge in [0.15, 0.2) is 0 Å². The SMILES string of the molecule is C=C[C@@](N)(CO[C@H](C)c1cc(C(F)(F)F)cc(C(F)(F)F)c1)c1ccccc1.O=C(O)/C=C/C(=O)O. The standard InChI is InChI=1S/C20H19F6NO.C4H4O4/c1-3-18(27,15-7-5-4-6-8-15)12-28-13(2)14-9-16(19(21,22)23)11-17(10-14)20(24,25)26;5-3(6)1-2-4(7)8/h3-11,13H,1,12,27H2,2H3;1-2H,(H,5,6)(H,7,8)/b;2-1+/t13-,18-;/m1./s1. The normalized spacial score (nSPS) is 14.3. The average molecular weight is 519 g/mol. The first kappa shape index (κ1) is 30.4. The second-order valence-electron chi connectivity index (χ2n) is 7.41. The Morgan fingerprint density at radius 1 is 0.917 bits per heavy atom. The molecule has 0 bridgehead atoms. The molecule has 0 aliphatic rings. The van der Waals surface area contributed by atoms with Crippen LogP contribution in [0.15, 0.2) is 73.3 Å². The van der Waals surface area contributed by atoms with Crippen molar-refractivity contribution in [1.29, 1.82) is 0 Å². The minimum absolute atomic E-state index is 0.0805. The number of hydrogen-bond acceptors (Lipinski definition) is 4. The number of benzene rings is 2. The highest BCUT2D eigenvalue weighted by atomic mass is 19.4. The molecule has 4 N–H and O–H groups in total. The van der Waals surface area contributed by atoms with Gasteiger partial charge in [0.25, 0.3) is 0 Å². The second-order valence-corrected chi connectivity index (χ2v) is 7.41. The number of ether oxygens (including phenoxy) is 1. The smallest absolute Gasteiger partial charge is 0.416 e. The third-order valence-electron chi connectivity index (χ3n) is 4.70. The number of rotatable bonds is 8. The van der Waals surface area contributed by atoms with Crippen LogP contribution < -0.4 is 5.73 Å². The van der Waals surface area contributed by atoms with Crippen LogP contribution in [-0.4, -0.2) is 28.8 Å². The summed E-state index contributed by atoms with van der Waals surface area (Å²) in [5.41, 5.74) is 2.71. The van der Waals surface area contributed by atoms with E-state index in [1.807, 2.05) is 0 Å². The van der Waals surface area contributed by atoms with Crippen molar-refractivity contribution < 1.29 is 50.9 Å². The fraction of sp³-hybridized carbons (Fsp3) is 0.250. The van der Waals surface area contributed by atoms with Gasteiger partial charge in [-0.15, -0.1) is 6.58 Å². The van der Waals surface area contributed by atoms with E-state index in [2.05, 4.69) is 6.58 Å². The maximum absolute atomic E-state index is 13.0. The molecule has 2 aromatic rings. The van der Waals surface area contributed by atoms with E-state index in [1.165, 1.54) is 13.0 Å². The number of carboxylic acid groups (broad SMARTS) is 2. The Kier molecular flexibility index (Phi) is 10.4. The van der Waals surface area contributed by atoms with Crippen LogP contribution in [0.4, 0.5) is 26.3 Å². The Hall–Kier alpha value is -3.64. The number of carbonyl (C=O) groups is 2. The molecule has 6 nitrogen and oxygen atoms in total. The molecule has 0 saturated carbocycles. The van der Waals surface area contributed by atoms with Gasteiger partial charge >= 0.3 is 24.3 Å². The van der Waals surface area contributed by atoms with E-state index < -0.39 is 47.1 Å². The lowest BCUT2D eigenvalue weighted by Gasteiger charge is -2.28. The summed E-state index contributed by atoms with van der Waals surface area (Å²) in [5, 5.41) is 15.6. The molecule has 2 rings (SSSR count). The van der Waals surface area contributed by atoms with Gasteiger partial charge in [0.05, 0.1) is 29.4 Å². The van der Waals surface area contributed by atoms with Crippen molar-refractivity contribution in [3.05, 3.63) is 95.6 Å². The summed E-state index contributed by atoms with van der Waals surface area (Å²) in [5.74, 6) is -2.51. The highest BCUT2D eigenvalue weighted by Crippen LogP contribution is 2.38. The Labute approximate surface area is 202 Å². The van der Waals surface area contributed by atoms with Gasteiger partial charge in [0, 0.05) is 12.2 Å². The molecule has 196 valence electrons. The Morgan fingerprint density at radius 2 is 1.36 bits per heavy atom. The molecule has 0 aliphatic heterocycles. The molecule has 0 radical (unpaired) electrons. The molecular weight excluding hydrogens is 496 g/mol. The van der Waals surface area contributed by atoms with Crippen molar-refractivity contribution in [3.8, 4) is 0 Å². The van der Waals surface area contributed by atoms with E-state index in [0.29, 0.717) is 29.8 Å². The maximum atomic E-state index is 13.0. The first-order valence-electron chi connectivity index (χ1n) is 10.0. The van der Waals surface area contributed by atoms with Gasteiger partial charge in [0.2, 0.25) is 0 Å². The van der Waals surface area contributed by atoms with Gasteiger partial charge in [-0.1, -0.05) is 36.4 Å². The number of hydrogen-bond donors (Lipinski definition) is 3. The van der Waals surface area contributed by atoms with Crippen LogP contribution in [0.5, 0.6) is 0 Å². The van der Waals surface area contributed by atoms with Crippen LogP contribution in [0.2, 0.25) is 0 Å². The Bertz CT molecular complexity index is 1030. The fourth-order valence-electron chi connectivity index (χ4n) is 2.72. The van der Waals surface area contributed by atoms with Crippen molar-refractivity contribution in [2.75, 3.05) is 6.61 Å². The minimum Gasteiger partial charge on any atom is -0.478 e. The first-order valence-corrected chi connectivity index (χ1v) is 10.0. The summed E-state index contributed by atoms with van der Waals surface area (Å²) in [6.45, 7) is 4.83. The predicted octanol–water partition coefficient (Wildman–Crippen LogP) is 5.55. The number of alkyl halides is 6. The van der Waals surface area contributed by atoms with Crippen molar-refractivity contribution in [2.24, 2.45) is 5.73 Å². The number of aliphatic carboxylic acids is 2. The summed E-state index contributed by atoms with van der Waals surface area (Å²) >= 11 is 0. The lowest BCUT2D eigenvalue weighted by molar-refractivity contribution is -0.143. The van der Waals surface area contributed by atoms with E-state index in [4.69, 9.17) is 20.7 Å². The third-order valence-corrected chi connectivity index (χ3v) is 4.70. The number of carboxylic acids is 2. The Balaban J connectivity index is 0.000000697. The zero-order valence-corrected chi connectivity index (χ0v) is 18.8.